The maximum absolute atomic E-state index is 12.7. The molecule has 0 unspecified atom stereocenters. The lowest BCUT2D eigenvalue weighted by atomic mass is 9.96. The number of aliphatic hydroxyl groups excluding tert-OH is 1. The maximum Gasteiger partial charge on any atom is 0.290 e. The Labute approximate surface area is 165 Å². The summed E-state index contributed by atoms with van der Waals surface area (Å²) in [6.07, 6.45) is 0.762. The van der Waals surface area contributed by atoms with Gasteiger partial charge in [-0.1, -0.05) is 12.1 Å². The second kappa shape index (κ2) is 9.21. The predicted octanol–water partition coefficient (Wildman–Crippen LogP) is 2.09. The van der Waals surface area contributed by atoms with Gasteiger partial charge in [-0.05, 0) is 38.0 Å². The molecule has 1 N–H and O–H groups in total. The number of rotatable bonds is 8. The first kappa shape index (κ1) is 20.4. The van der Waals surface area contributed by atoms with Crippen LogP contribution in [0.2, 0.25) is 0 Å². The fourth-order valence-corrected chi connectivity index (χ4v) is 3.79. The highest BCUT2D eigenvalue weighted by molar-refractivity contribution is 6.08. The summed E-state index contributed by atoms with van der Waals surface area (Å²) < 4.78 is 10.8. The number of nitrogens with zero attached hydrogens (tertiary/aromatic N) is 2. The van der Waals surface area contributed by atoms with Crippen molar-refractivity contribution in [1.82, 2.24) is 9.80 Å². The summed E-state index contributed by atoms with van der Waals surface area (Å²) >= 11 is 0. The molecule has 1 aromatic carbocycles. The van der Waals surface area contributed by atoms with Crippen LogP contribution in [0.3, 0.4) is 0 Å². The number of Topliss-reactive ketones (excluding diaryl/α,β-unsaturated/α-hetero) is 1. The summed E-state index contributed by atoms with van der Waals surface area (Å²) in [6, 6.07) is 6.77. The summed E-state index contributed by atoms with van der Waals surface area (Å²) in [5.74, 6) is -0.476. The van der Waals surface area contributed by atoms with E-state index < -0.39 is 17.7 Å². The topological polar surface area (TPSA) is 79.3 Å². The largest absolute Gasteiger partial charge is 0.503 e. The SMILES string of the molecule is CCOc1ccc([C@H]2C(C(C)=O)=C(O)C(=O)N2CCCN2CCOCC2)cc1. The van der Waals surface area contributed by atoms with Gasteiger partial charge in [-0.3, -0.25) is 14.5 Å². The molecule has 0 radical (unpaired) electrons. The molecule has 1 fully saturated rings. The Kier molecular flexibility index (Phi) is 6.70. The van der Waals surface area contributed by atoms with Crippen molar-refractivity contribution in [3.8, 4) is 5.75 Å². The summed E-state index contributed by atoms with van der Waals surface area (Å²) in [5.41, 5.74) is 0.956. The number of carbonyl (C=O) groups excluding carboxylic acids is 2. The minimum Gasteiger partial charge on any atom is -0.503 e. The lowest BCUT2D eigenvalue weighted by Crippen LogP contribution is -2.39. The normalized spacial score (nSPS) is 20.7. The number of morpholine rings is 1. The van der Waals surface area contributed by atoms with Crippen molar-refractivity contribution in [1.29, 1.82) is 0 Å². The molecular formula is C21H28N2O5. The summed E-state index contributed by atoms with van der Waals surface area (Å²) in [6.45, 7) is 8.41. The number of carbonyl (C=O) groups is 2. The molecule has 3 rings (SSSR count). The van der Waals surface area contributed by atoms with Gasteiger partial charge in [-0.15, -0.1) is 0 Å². The smallest absolute Gasteiger partial charge is 0.290 e. The van der Waals surface area contributed by atoms with Crippen molar-refractivity contribution in [2.75, 3.05) is 46.0 Å². The molecule has 152 valence electrons. The lowest BCUT2D eigenvalue weighted by Gasteiger charge is -2.30. The van der Waals surface area contributed by atoms with Gasteiger partial charge in [0.1, 0.15) is 5.75 Å². The van der Waals surface area contributed by atoms with Crippen LogP contribution in [-0.4, -0.2) is 72.6 Å². The van der Waals surface area contributed by atoms with Crippen molar-refractivity contribution in [3.05, 3.63) is 41.2 Å². The van der Waals surface area contributed by atoms with Crippen LogP contribution in [0, 0.1) is 0 Å². The quantitative estimate of drug-likeness (QED) is 0.735. The Morgan fingerprint density at radius 3 is 2.50 bits per heavy atom. The van der Waals surface area contributed by atoms with Gasteiger partial charge in [-0.25, -0.2) is 0 Å². The summed E-state index contributed by atoms with van der Waals surface area (Å²) in [4.78, 5) is 28.7. The van der Waals surface area contributed by atoms with Crippen LogP contribution in [0.5, 0.6) is 5.75 Å². The zero-order valence-corrected chi connectivity index (χ0v) is 16.5. The monoisotopic (exact) mass is 388 g/mol. The van der Waals surface area contributed by atoms with Crippen LogP contribution in [0.15, 0.2) is 35.6 Å². The van der Waals surface area contributed by atoms with E-state index in [0.717, 1.165) is 50.6 Å². The van der Waals surface area contributed by atoms with Gasteiger partial charge >= 0.3 is 0 Å². The molecule has 1 saturated heterocycles. The highest BCUT2D eigenvalue weighted by Crippen LogP contribution is 2.38. The van der Waals surface area contributed by atoms with Crippen LogP contribution < -0.4 is 4.74 Å². The van der Waals surface area contributed by atoms with Gasteiger partial charge in [0.05, 0.1) is 31.4 Å². The number of ether oxygens (including phenoxy) is 2. The molecule has 7 nitrogen and oxygen atoms in total. The molecule has 1 atom stereocenters. The van der Waals surface area contributed by atoms with Gasteiger partial charge in [0.2, 0.25) is 0 Å². The van der Waals surface area contributed by atoms with Crippen molar-refractivity contribution >= 4 is 11.7 Å². The van der Waals surface area contributed by atoms with Crippen LogP contribution in [0.4, 0.5) is 0 Å². The molecule has 0 spiro atoms. The standard InChI is InChI=1S/C21H28N2O5/c1-3-28-17-7-5-16(6-8-17)19-18(15(2)24)20(25)21(26)23(19)10-4-9-22-11-13-27-14-12-22/h5-8,19,25H,3-4,9-14H2,1-2H3/t19-/m0/s1. The second-order valence-electron chi connectivity index (χ2n) is 7.03. The summed E-state index contributed by atoms with van der Waals surface area (Å²) in [7, 11) is 0. The molecule has 2 aliphatic rings. The number of aliphatic hydroxyl groups is 1. The Morgan fingerprint density at radius 2 is 1.89 bits per heavy atom. The Balaban J connectivity index is 1.76. The zero-order chi connectivity index (χ0) is 20.1. The van der Waals surface area contributed by atoms with Crippen molar-refractivity contribution in [2.45, 2.75) is 26.3 Å². The predicted molar refractivity (Wildman–Crippen MR) is 104 cm³/mol. The Morgan fingerprint density at radius 1 is 1.21 bits per heavy atom. The average molecular weight is 388 g/mol. The van der Waals surface area contributed by atoms with Crippen molar-refractivity contribution < 1.29 is 24.2 Å². The van der Waals surface area contributed by atoms with Gasteiger partial charge in [-0.2, -0.15) is 0 Å². The minimum absolute atomic E-state index is 0.167. The molecule has 1 amide bonds. The fourth-order valence-electron chi connectivity index (χ4n) is 3.79. The molecule has 7 heteroatoms. The van der Waals surface area contributed by atoms with E-state index in [1.54, 1.807) is 4.90 Å². The fraction of sp³-hybridized carbons (Fsp3) is 0.524. The molecule has 0 bridgehead atoms. The molecule has 1 aromatic rings. The number of amides is 1. The molecule has 0 aromatic heterocycles. The Bertz CT molecular complexity index is 738. The molecule has 0 saturated carbocycles. The van der Waals surface area contributed by atoms with Crippen LogP contribution in [-0.2, 0) is 14.3 Å². The van der Waals surface area contributed by atoms with E-state index in [1.165, 1.54) is 6.92 Å². The highest BCUT2D eigenvalue weighted by Gasteiger charge is 2.42. The van der Waals surface area contributed by atoms with Crippen LogP contribution >= 0.6 is 0 Å². The van der Waals surface area contributed by atoms with Gasteiger partial charge in [0.15, 0.2) is 11.5 Å². The summed E-state index contributed by atoms with van der Waals surface area (Å²) in [5, 5.41) is 10.3. The third kappa shape index (κ3) is 4.36. The number of benzene rings is 1. The first-order chi connectivity index (χ1) is 13.5. The number of ketones is 1. The minimum atomic E-state index is -0.564. The number of hydrogen-bond acceptors (Lipinski definition) is 6. The molecule has 2 aliphatic heterocycles. The van der Waals surface area contributed by atoms with Crippen molar-refractivity contribution in [2.24, 2.45) is 0 Å². The lowest BCUT2D eigenvalue weighted by molar-refractivity contribution is -0.129. The molecule has 2 heterocycles. The van der Waals surface area contributed by atoms with Crippen LogP contribution in [0.1, 0.15) is 31.9 Å². The molecule has 0 aliphatic carbocycles. The molecular weight excluding hydrogens is 360 g/mol. The van der Waals surface area contributed by atoms with E-state index in [-0.39, 0.29) is 11.4 Å². The van der Waals surface area contributed by atoms with E-state index in [1.807, 2.05) is 31.2 Å². The van der Waals surface area contributed by atoms with Crippen molar-refractivity contribution in [3.63, 3.8) is 0 Å². The van der Waals surface area contributed by atoms with Gasteiger partial charge < -0.3 is 19.5 Å². The van der Waals surface area contributed by atoms with Crippen LogP contribution in [0.25, 0.3) is 0 Å². The first-order valence-corrected chi connectivity index (χ1v) is 9.80. The van der Waals surface area contributed by atoms with Gasteiger partial charge in [0.25, 0.3) is 5.91 Å². The van der Waals surface area contributed by atoms with E-state index in [4.69, 9.17) is 9.47 Å². The highest BCUT2D eigenvalue weighted by atomic mass is 16.5. The first-order valence-electron chi connectivity index (χ1n) is 9.80. The third-order valence-corrected chi connectivity index (χ3v) is 5.17. The van der Waals surface area contributed by atoms with E-state index in [9.17, 15) is 14.7 Å². The van der Waals surface area contributed by atoms with E-state index in [0.29, 0.717) is 13.2 Å². The Hall–Kier alpha value is -2.38. The van der Waals surface area contributed by atoms with Gasteiger partial charge in [0, 0.05) is 26.2 Å². The third-order valence-electron chi connectivity index (χ3n) is 5.17. The second-order valence-corrected chi connectivity index (χ2v) is 7.03. The average Bonchev–Trinajstić information content (AvgIpc) is 2.95. The van der Waals surface area contributed by atoms with E-state index in [2.05, 4.69) is 4.90 Å². The maximum atomic E-state index is 12.7. The zero-order valence-electron chi connectivity index (χ0n) is 16.5. The van der Waals surface area contributed by atoms with E-state index >= 15 is 0 Å². The number of hydrogen-bond donors (Lipinski definition) is 1. The molecule has 28 heavy (non-hydrogen) atoms.